The number of hydrogen-bond acceptors (Lipinski definition) is 3. The first kappa shape index (κ1) is 19.2. The fraction of sp³-hybridized carbons (Fsp3) is 0.583. The highest BCUT2D eigenvalue weighted by atomic mass is 35.5. The van der Waals surface area contributed by atoms with Gasteiger partial charge in [0, 0.05) is 14.2 Å². The van der Waals surface area contributed by atoms with Crippen LogP contribution in [-0.2, 0) is 14.3 Å². The number of hydrogen-bond donors (Lipinski definition) is 0. The number of allylic oxidation sites excluding steroid dienone is 2. The van der Waals surface area contributed by atoms with Gasteiger partial charge in [-0.2, -0.15) is 0 Å². The Bertz CT molecular complexity index is 715. The Hall–Kier alpha value is 1.39. The molecule has 4 atom stereocenters. The molecule has 3 rings (SSSR count). The molecule has 0 heterocycles. The minimum absolute atomic E-state index is 0.192. The van der Waals surface area contributed by atoms with Crippen LogP contribution in [0.4, 0.5) is 0 Å². The topological polar surface area (TPSA) is 35.5 Å². The van der Waals surface area contributed by atoms with Crippen molar-refractivity contribution in [3.05, 3.63) is 20.1 Å². The van der Waals surface area contributed by atoms with Crippen molar-refractivity contribution in [2.24, 2.45) is 0 Å². The Balaban J connectivity index is 2.56. The van der Waals surface area contributed by atoms with E-state index in [1.165, 1.54) is 14.2 Å². The first-order valence-corrected chi connectivity index (χ1v) is 8.96. The summed E-state index contributed by atoms with van der Waals surface area (Å²) in [6.45, 7) is 0. The Labute approximate surface area is 171 Å². The van der Waals surface area contributed by atoms with Crippen LogP contribution in [0.1, 0.15) is 0 Å². The summed E-state index contributed by atoms with van der Waals surface area (Å²) in [6.07, 6.45) is 0. The van der Waals surface area contributed by atoms with Gasteiger partial charge in [0.25, 0.3) is 0 Å². The van der Waals surface area contributed by atoms with E-state index in [1.54, 1.807) is 0 Å². The number of methoxy groups -OCH3 is 2. The molecule has 0 aliphatic heterocycles. The molecule has 0 amide bonds. The molecule has 1 fully saturated rings. The summed E-state index contributed by atoms with van der Waals surface area (Å²) in [7, 11) is 2.48. The number of halogens is 8. The average molecular weight is 482 g/mol. The van der Waals surface area contributed by atoms with Crippen LogP contribution in [0.25, 0.3) is 0 Å². The maximum Gasteiger partial charge on any atom is 0.221 e. The second kappa shape index (κ2) is 5.01. The molecule has 1 saturated carbocycles. The van der Waals surface area contributed by atoms with Gasteiger partial charge >= 0.3 is 0 Å². The molecule has 11 heteroatoms. The second-order valence-electron chi connectivity index (χ2n) is 5.24. The van der Waals surface area contributed by atoms with Crippen molar-refractivity contribution in [3.63, 3.8) is 0 Å². The van der Waals surface area contributed by atoms with Crippen LogP contribution >= 0.6 is 92.8 Å². The molecular formula is C12H6Cl8O3. The molecule has 128 valence electrons. The molecule has 0 aromatic heterocycles. The third kappa shape index (κ3) is 1.37. The molecule has 0 spiro atoms. The summed E-state index contributed by atoms with van der Waals surface area (Å²) in [4.78, 5) is 4.47. The maximum absolute atomic E-state index is 12.8. The van der Waals surface area contributed by atoms with Gasteiger partial charge in [0.05, 0.1) is 15.1 Å². The molecule has 23 heavy (non-hydrogen) atoms. The van der Waals surface area contributed by atoms with E-state index in [-0.39, 0.29) is 15.1 Å². The lowest BCUT2D eigenvalue weighted by Gasteiger charge is -2.43. The first-order valence-electron chi connectivity index (χ1n) is 5.94. The Morgan fingerprint density at radius 2 is 1.09 bits per heavy atom. The number of ketones is 1. The minimum Gasteiger partial charge on any atom is -0.349 e. The summed E-state index contributed by atoms with van der Waals surface area (Å²) >= 11 is 51.6. The highest BCUT2D eigenvalue weighted by Gasteiger charge is 2.99. The predicted molar refractivity (Wildman–Crippen MR) is 93.6 cm³/mol. The third-order valence-corrected chi connectivity index (χ3v) is 10.2. The van der Waals surface area contributed by atoms with Crippen LogP contribution in [0.2, 0.25) is 0 Å². The smallest absolute Gasteiger partial charge is 0.221 e. The number of Topliss-reactive ketones (excluding diaryl/α,β-unsaturated/α-hetero) is 1. The SMILES string of the molecule is COC1(OC)[C@@]2(Cl)C(Cl)=C(Cl)[C@@]1(Cl)[C@@]1(Cl)C(Cl)=C(Cl)C(=O)[C@@]12Cl. The highest BCUT2D eigenvalue weighted by molar-refractivity contribution is 6.70. The van der Waals surface area contributed by atoms with Gasteiger partial charge in [0.15, 0.2) is 14.6 Å². The van der Waals surface area contributed by atoms with Gasteiger partial charge in [-0.1, -0.05) is 46.4 Å². The van der Waals surface area contributed by atoms with E-state index >= 15 is 0 Å². The van der Waals surface area contributed by atoms with Crippen LogP contribution in [0.3, 0.4) is 0 Å². The Morgan fingerprint density at radius 1 is 0.696 bits per heavy atom. The lowest BCUT2D eigenvalue weighted by molar-refractivity contribution is -0.218. The number of ether oxygens (including phenoxy) is 2. The number of alkyl halides is 4. The molecule has 3 nitrogen and oxygen atoms in total. The van der Waals surface area contributed by atoms with Crippen molar-refractivity contribution in [2.45, 2.75) is 25.3 Å². The third-order valence-electron chi connectivity index (χ3n) is 4.71. The van der Waals surface area contributed by atoms with E-state index in [4.69, 9.17) is 102 Å². The molecule has 3 aliphatic rings. The van der Waals surface area contributed by atoms with E-state index < -0.39 is 36.1 Å². The quantitative estimate of drug-likeness (QED) is 0.417. The molecule has 0 unspecified atom stereocenters. The first-order chi connectivity index (χ1) is 10.4. The van der Waals surface area contributed by atoms with Crippen LogP contribution in [0, 0.1) is 0 Å². The van der Waals surface area contributed by atoms with E-state index in [2.05, 4.69) is 0 Å². The van der Waals surface area contributed by atoms with Crippen molar-refractivity contribution in [1.82, 2.24) is 0 Å². The lowest BCUT2D eigenvalue weighted by atomic mass is 9.82. The summed E-state index contributed by atoms with van der Waals surface area (Å²) in [5.74, 6) is -2.83. The van der Waals surface area contributed by atoms with Crippen molar-refractivity contribution in [3.8, 4) is 0 Å². The summed E-state index contributed by atoms with van der Waals surface area (Å²) in [6, 6.07) is 0. The number of rotatable bonds is 2. The summed E-state index contributed by atoms with van der Waals surface area (Å²) in [5.41, 5.74) is 0. The van der Waals surface area contributed by atoms with Crippen LogP contribution < -0.4 is 0 Å². The molecule has 0 N–H and O–H groups in total. The molecule has 0 aromatic carbocycles. The molecular weight excluding hydrogens is 476 g/mol. The van der Waals surface area contributed by atoms with Crippen molar-refractivity contribution in [2.75, 3.05) is 14.2 Å². The molecule has 0 radical (unpaired) electrons. The van der Waals surface area contributed by atoms with E-state index in [9.17, 15) is 4.79 Å². The normalized spacial score (nSPS) is 47.8. The lowest BCUT2D eigenvalue weighted by Crippen LogP contribution is -2.62. The minimum atomic E-state index is -2.18. The average Bonchev–Trinajstić information content (AvgIpc) is 2.82. The van der Waals surface area contributed by atoms with Gasteiger partial charge in [0.2, 0.25) is 11.6 Å². The largest absolute Gasteiger partial charge is 0.349 e. The van der Waals surface area contributed by atoms with Gasteiger partial charge < -0.3 is 9.47 Å². The van der Waals surface area contributed by atoms with Gasteiger partial charge in [-0.25, -0.2) is 0 Å². The monoisotopic (exact) mass is 478 g/mol. The maximum atomic E-state index is 12.8. The van der Waals surface area contributed by atoms with Crippen molar-refractivity contribution in [1.29, 1.82) is 0 Å². The highest BCUT2D eigenvalue weighted by Crippen LogP contribution is 2.83. The van der Waals surface area contributed by atoms with E-state index in [0.717, 1.165) is 0 Å². The molecule has 0 aromatic rings. The standard InChI is InChI=1S/C12H6Cl8O3/c1-22-12(23-2)9(18)5(15)6(16)10(12,19)11(20)7(21)3(13)4(14)8(9,11)17/h1-2H3/t8-,9+,10+,11+/m0/s1. The predicted octanol–water partition coefficient (Wildman–Crippen LogP) is 4.87. The zero-order chi connectivity index (χ0) is 17.8. The second-order valence-corrected chi connectivity index (χ2v) is 9.02. The number of carbonyl (C=O) groups excluding carboxylic acids is 1. The van der Waals surface area contributed by atoms with Crippen LogP contribution in [0.5, 0.6) is 0 Å². The van der Waals surface area contributed by atoms with Crippen molar-refractivity contribution >= 4 is 98.6 Å². The molecule has 0 saturated heterocycles. The molecule has 3 aliphatic carbocycles. The molecule has 2 bridgehead atoms. The Morgan fingerprint density at radius 3 is 1.48 bits per heavy atom. The van der Waals surface area contributed by atoms with Crippen LogP contribution in [0.15, 0.2) is 20.1 Å². The van der Waals surface area contributed by atoms with E-state index in [0.29, 0.717) is 0 Å². The van der Waals surface area contributed by atoms with Gasteiger partial charge in [0.1, 0.15) is 9.91 Å². The van der Waals surface area contributed by atoms with Crippen LogP contribution in [-0.4, -0.2) is 45.3 Å². The van der Waals surface area contributed by atoms with Gasteiger partial charge in [-0.3, -0.25) is 4.79 Å². The summed E-state index contributed by atoms with van der Waals surface area (Å²) in [5, 5.41) is -1.12. The van der Waals surface area contributed by atoms with Gasteiger partial charge in [-0.05, 0) is 0 Å². The fourth-order valence-corrected chi connectivity index (χ4v) is 8.06. The Kier molecular flexibility index (Phi) is 4.17. The van der Waals surface area contributed by atoms with Crippen molar-refractivity contribution < 1.29 is 14.3 Å². The zero-order valence-electron chi connectivity index (χ0n) is 11.2. The number of carbonyl (C=O) groups is 1. The zero-order valence-corrected chi connectivity index (χ0v) is 17.3. The fourth-order valence-electron chi connectivity index (χ4n) is 3.72. The number of fused-ring (bicyclic) bond motifs is 5. The summed E-state index contributed by atoms with van der Waals surface area (Å²) < 4.78 is 10.9. The van der Waals surface area contributed by atoms with E-state index in [1.807, 2.05) is 0 Å². The van der Waals surface area contributed by atoms with Gasteiger partial charge in [-0.15, -0.1) is 46.4 Å².